The molecule has 0 spiro atoms. The van der Waals surface area contributed by atoms with Crippen molar-refractivity contribution in [3.63, 3.8) is 0 Å². The first-order chi connectivity index (χ1) is 7.70. The second-order valence-electron chi connectivity index (χ2n) is 3.64. The zero-order valence-electron chi connectivity index (χ0n) is 9.02. The van der Waals surface area contributed by atoms with Crippen LogP contribution in [0.3, 0.4) is 0 Å². The van der Waals surface area contributed by atoms with Crippen LogP contribution in [0, 0.1) is 12.7 Å². The molecule has 2 rings (SSSR count). The van der Waals surface area contributed by atoms with Gasteiger partial charge in [-0.1, -0.05) is 6.07 Å². The highest BCUT2D eigenvalue weighted by molar-refractivity contribution is 5.33. The number of aliphatic hydroxyl groups is 1. The van der Waals surface area contributed by atoms with Crippen molar-refractivity contribution in [3.05, 3.63) is 47.5 Å². The van der Waals surface area contributed by atoms with Crippen molar-refractivity contribution >= 4 is 0 Å². The van der Waals surface area contributed by atoms with E-state index in [-0.39, 0.29) is 12.4 Å². The Balaban J connectivity index is 2.37. The molecule has 0 fully saturated rings. The summed E-state index contributed by atoms with van der Waals surface area (Å²) >= 11 is 0. The molecule has 16 heavy (non-hydrogen) atoms. The number of halogens is 1. The summed E-state index contributed by atoms with van der Waals surface area (Å²) < 4.78 is 14.7. The molecule has 0 amide bonds. The van der Waals surface area contributed by atoms with Crippen LogP contribution < -0.4 is 0 Å². The second-order valence-corrected chi connectivity index (χ2v) is 3.64. The lowest BCUT2D eigenvalue weighted by atomic mass is 10.2. The van der Waals surface area contributed by atoms with Crippen molar-refractivity contribution in [2.75, 3.05) is 6.61 Å². The van der Waals surface area contributed by atoms with E-state index in [0.29, 0.717) is 12.1 Å². The lowest BCUT2D eigenvalue weighted by molar-refractivity contribution is 0.299. The molecule has 1 aromatic heterocycles. The molecule has 0 aliphatic carbocycles. The zero-order valence-corrected chi connectivity index (χ0v) is 9.02. The highest BCUT2D eigenvalue weighted by Gasteiger charge is 2.06. The van der Waals surface area contributed by atoms with Crippen molar-refractivity contribution in [1.82, 2.24) is 9.78 Å². The smallest absolute Gasteiger partial charge is 0.125 e. The fourth-order valence-electron chi connectivity index (χ4n) is 1.61. The van der Waals surface area contributed by atoms with Gasteiger partial charge in [-0.25, -0.2) is 9.07 Å². The molecule has 2 aromatic rings. The monoisotopic (exact) mass is 220 g/mol. The average molecular weight is 220 g/mol. The average Bonchev–Trinajstić information content (AvgIpc) is 2.61. The zero-order chi connectivity index (χ0) is 11.5. The normalized spacial score (nSPS) is 10.7. The first-order valence-electron chi connectivity index (χ1n) is 5.12. The first-order valence-corrected chi connectivity index (χ1v) is 5.12. The SMILES string of the molecule is Cc1nn(-c2cccc(F)c2)cc1CCO. The van der Waals surface area contributed by atoms with E-state index in [1.54, 1.807) is 16.8 Å². The van der Waals surface area contributed by atoms with Gasteiger partial charge >= 0.3 is 0 Å². The highest BCUT2D eigenvalue weighted by Crippen LogP contribution is 2.13. The van der Waals surface area contributed by atoms with Gasteiger partial charge in [-0.3, -0.25) is 0 Å². The van der Waals surface area contributed by atoms with Crippen LogP contribution >= 0.6 is 0 Å². The number of benzene rings is 1. The van der Waals surface area contributed by atoms with E-state index < -0.39 is 0 Å². The van der Waals surface area contributed by atoms with Gasteiger partial charge in [0.25, 0.3) is 0 Å². The lowest BCUT2D eigenvalue weighted by Crippen LogP contribution is -1.95. The Morgan fingerprint density at radius 3 is 2.94 bits per heavy atom. The molecule has 4 heteroatoms. The Kier molecular flexibility index (Phi) is 3.01. The largest absolute Gasteiger partial charge is 0.396 e. The topological polar surface area (TPSA) is 38.0 Å². The molecule has 0 atom stereocenters. The van der Waals surface area contributed by atoms with Crippen LogP contribution in [0.2, 0.25) is 0 Å². The number of rotatable bonds is 3. The fourth-order valence-corrected chi connectivity index (χ4v) is 1.61. The molecule has 0 radical (unpaired) electrons. The van der Waals surface area contributed by atoms with E-state index in [1.165, 1.54) is 12.1 Å². The van der Waals surface area contributed by atoms with Crippen LogP contribution in [0.1, 0.15) is 11.3 Å². The lowest BCUT2D eigenvalue weighted by Gasteiger charge is -2.00. The second kappa shape index (κ2) is 4.45. The van der Waals surface area contributed by atoms with Crippen LogP contribution in [-0.4, -0.2) is 21.5 Å². The van der Waals surface area contributed by atoms with Gasteiger partial charge in [0.1, 0.15) is 5.82 Å². The van der Waals surface area contributed by atoms with Crippen molar-refractivity contribution in [2.45, 2.75) is 13.3 Å². The summed E-state index contributed by atoms with van der Waals surface area (Å²) in [7, 11) is 0. The quantitative estimate of drug-likeness (QED) is 0.857. The summed E-state index contributed by atoms with van der Waals surface area (Å²) in [5.74, 6) is -0.283. The Morgan fingerprint density at radius 1 is 1.44 bits per heavy atom. The van der Waals surface area contributed by atoms with Crippen molar-refractivity contribution in [1.29, 1.82) is 0 Å². The molecule has 0 unspecified atom stereocenters. The number of hydrogen-bond donors (Lipinski definition) is 1. The minimum absolute atomic E-state index is 0.0929. The molecular formula is C12H13FN2O. The Hall–Kier alpha value is -1.68. The standard InChI is InChI=1S/C12H13FN2O/c1-9-10(5-6-16)8-15(14-9)12-4-2-3-11(13)7-12/h2-4,7-8,16H,5-6H2,1H3. The van der Waals surface area contributed by atoms with E-state index in [2.05, 4.69) is 5.10 Å². The fraction of sp³-hybridized carbons (Fsp3) is 0.250. The van der Waals surface area contributed by atoms with Crippen molar-refractivity contribution < 1.29 is 9.50 Å². The number of aromatic nitrogens is 2. The van der Waals surface area contributed by atoms with Gasteiger partial charge in [0.15, 0.2) is 0 Å². The van der Waals surface area contributed by atoms with E-state index in [0.717, 1.165) is 11.3 Å². The van der Waals surface area contributed by atoms with Gasteiger partial charge < -0.3 is 5.11 Å². The molecule has 0 aliphatic heterocycles. The van der Waals surface area contributed by atoms with E-state index in [1.807, 2.05) is 13.1 Å². The predicted molar refractivity (Wildman–Crippen MR) is 59.0 cm³/mol. The Bertz CT molecular complexity index is 494. The third-order valence-electron chi connectivity index (χ3n) is 2.45. The number of aliphatic hydroxyl groups excluding tert-OH is 1. The molecule has 0 saturated heterocycles. The molecule has 1 aromatic carbocycles. The van der Waals surface area contributed by atoms with Gasteiger partial charge in [-0.15, -0.1) is 0 Å². The van der Waals surface area contributed by atoms with Crippen LogP contribution in [0.25, 0.3) is 5.69 Å². The van der Waals surface area contributed by atoms with E-state index >= 15 is 0 Å². The minimum Gasteiger partial charge on any atom is -0.396 e. The number of aryl methyl sites for hydroxylation is 1. The predicted octanol–water partition coefficient (Wildman–Crippen LogP) is 1.85. The van der Waals surface area contributed by atoms with Gasteiger partial charge in [0.2, 0.25) is 0 Å². The first kappa shape index (κ1) is 10.8. The molecule has 1 N–H and O–H groups in total. The van der Waals surface area contributed by atoms with Crippen LogP contribution in [0.4, 0.5) is 4.39 Å². The third-order valence-corrected chi connectivity index (χ3v) is 2.45. The van der Waals surface area contributed by atoms with Gasteiger partial charge in [-0.05, 0) is 37.1 Å². The highest BCUT2D eigenvalue weighted by atomic mass is 19.1. The molecule has 0 saturated carbocycles. The molecular weight excluding hydrogens is 207 g/mol. The van der Waals surface area contributed by atoms with Crippen molar-refractivity contribution in [2.24, 2.45) is 0 Å². The number of hydrogen-bond acceptors (Lipinski definition) is 2. The van der Waals surface area contributed by atoms with Crippen molar-refractivity contribution in [3.8, 4) is 5.69 Å². The summed E-state index contributed by atoms with van der Waals surface area (Å²) in [6, 6.07) is 6.26. The maximum Gasteiger partial charge on any atom is 0.125 e. The molecule has 0 bridgehead atoms. The maximum atomic E-state index is 13.0. The molecule has 0 aliphatic rings. The summed E-state index contributed by atoms with van der Waals surface area (Å²) in [6.45, 7) is 1.97. The van der Waals surface area contributed by atoms with Crippen LogP contribution in [0.15, 0.2) is 30.5 Å². The van der Waals surface area contributed by atoms with E-state index in [4.69, 9.17) is 5.11 Å². The molecule has 3 nitrogen and oxygen atoms in total. The summed E-state index contributed by atoms with van der Waals surface area (Å²) in [6.07, 6.45) is 2.39. The summed E-state index contributed by atoms with van der Waals surface area (Å²) in [4.78, 5) is 0. The minimum atomic E-state index is -0.283. The maximum absolute atomic E-state index is 13.0. The van der Waals surface area contributed by atoms with Gasteiger partial charge in [-0.2, -0.15) is 5.10 Å². The van der Waals surface area contributed by atoms with Gasteiger partial charge in [0.05, 0.1) is 11.4 Å². The van der Waals surface area contributed by atoms with Gasteiger partial charge in [0, 0.05) is 12.8 Å². The number of nitrogens with zero attached hydrogens (tertiary/aromatic N) is 2. The van der Waals surface area contributed by atoms with E-state index in [9.17, 15) is 4.39 Å². The third kappa shape index (κ3) is 2.12. The summed E-state index contributed by atoms with van der Waals surface area (Å²) in [5, 5.41) is 13.2. The Labute approximate surface area is 93.2 Å². The molecule has 84 valence electrons. The molecule has 1 heterocycles. The summed E-state index contributed by atoms with van der Waals surface area (Å²) in [5.41, 5.74) is 2.53. The van der Waals surface area contributed by atoms with Crippen LogP contribution in [0.5, 0.6) is 0 Å². The van der Waals surface area contributed by atoms with Crippen LogP contribution in [-0.2, 0) is 6.42 Å². The Morgan fingerprint density at radius 2 is 2.25 bits per heavy atom.